The average Bonchev–Trinajstić information content (AvgIpc) is 2.31. The first-order valence-corrected chi connectivity index (χ1v) is 4.18. The summed E-state index contributed by atoms with van der Waals surface area (Å²) >= 11 is 0. The molecule has 5 nitrogen and oxygen atoms in total. The van der Waals surface area contributed by atoms with Gasteiger partial charge in [0.1, 0.15) is 12.2 Å². The van der Waals surface area contributed by atoms with Crippen LogP contribution in [0.5, 0.6) is 0 Å². The molecular weight excluding hydrogens is 174 g/mol. The lowest BCUT2D eigenvalue weighted by Crippen LogP contribution is -2.42. The van der Waals surface area contributed by atoms with Gasteiger partial charge in [0.15, 0.2) is 6.10 Å². The second-order valence-electron chi connectivity index (χ2n) is 3.48. The van der Waals surface area contributed by atoms with Crippen LogP contribution in [0.1, 0.15) is 6.92 Å². The van der Waals surface area contributed by atoms with Crippen LogP contribution in [-0.4, -0.2) is 59.5 Å². The van der Waals surface area contributed by atoms with Crippen molar-refractivity contribution in [2.24, 2.45) is 0 Å². The first-order chi connectivity index (χ1) is 5.95. The summed E-state index contributed by atoms with van der Waals surface area (Å²) in [7, 11) is 3.15. The summed E-state index contributed by atoms with van der Waals surface area (Å²) in [5.74, 6) is -0.323. The van der Waals surface area contributed by atoms with Crippen LogP contribution in [0.4, 0.5) is 0 Å². The maximum atomic E-state index is 11.4. The molecule has 1 aliphatic heterocycles. The normalized spacial score (nSPS) is 39.2. The van der Waals surface area contributed by atoms with Gasteiger partial charge >= 0.3 is 0 Å². The van der Waals surface area contributed by atoms with E-state index in [-0.39, 0.29) is 5.91 Å². The lowest BCUT2D eigenvalue weighted by molar-refractivity contribution is -0.143. The van der Waals surface area contributed by atoms with Gasteiger partial charge in [-0.2, -0.15) is 0 Å². The summed E-state index contributed by atoms with van der Waals surface area (Å²) in [4.78, 5) is 12.7. The van der Waals surface area contributed by atoms with E-state index in [1.807, 2.05) is 0 Å². The number of carbonyl (C=O) groups is 1. The van der Waals surface area contributed by atoms with Crippen LogP contribution >= 0.6 is 0 Å². The van der Waals surface area contributed by atoms with E-state index in [1.165, 1.54) is 4.90 Å². The maximum Gasteiger partial charge on any atom is 0.254 e. The number of ether oxygens (including phenoxy) is 1. The number of aliphatic hydroxyl groups is 2. The smallest absolute Gasteiger partial charge is 0.254 e. The second kappa shape index (κ2) is 3.61. The maximum absolute atomic E-state index is 11.4. The molecule has 1 fully saturated rings. The SMILES string of the molecule is C[C@@H]1O[C@@H](C(=O)N(C)C)[C@@H](O)[C@@H]1O. The van der Waals surface area contributed by atoms with Gasteiger partial charge in [0.2, 0.25) is 0 Å². The zero-order chi connectivity index (χ0) is 10.2. The topological polar surface area (TPSA) is 70.0 Å². The summed E-state index contributed by atoms with van der Waals surface area (Å²) in [5.41, 5.74) is 0. The highest BCUT2D eigenvalue weighted by Gasteiger charge is 2.44. The van der Waals surface area contributed by atoms with Crippen molar-refractivity contribution in [3.05, 3.63) is 0 Å². The van der Waals surface area contributed by atoms with Crippen LogP contribution < -0.4 is 0 Å². The summed E-state index contributed by atoms with van der Waals surface area (Å²) in [6.07, 6.45) is -3.53. The fraction of sp³-hybridized carbons (Fsp3) is 0.875. The highest BCUT2D eigenvalue weighted by atomic mass is 16.5. The third-order valence-electron chi connectivity index (χ3n) is 2.19. The van der Waals surface area contributed by atoms with E-state index in [0.29, 0.717) is 0 Å². The summed E-state index contributed by atoms with van der Waals surface area (Å²) in [6, 6.07) is 0. The molecule has 5 heteroatoms. The van der Waals surface area contributed by atoms with Crippen LogP contribution in [0.2, 0.25) is 0 Å². The Bertz CT molecular complexity index is 206. The number of hydrogen-bond acceptors (Lipinski definition) is 4. The van der Waals surface area contributed by atoms with Gasteiger partial charge in [0.05, 0.1) is 6.10 Å². The number of likely N-dealkylation sites (N-methyl/N-ethyl adjacent to an activating group) is 1. The number of hydrogen-bond donors (Lipinski definition) is 2. The molecule has 1 amide bonds. The molecule has 0 aliphatic carbocycles. The lowest BCUT2D eigenvalue weighted by Gasteiger charge is -2.18. The average molecular weight is 189 g/mol. The molecule has 1 rings (SSSR count). The second-order valence-corrected chi connectivity index (χ2v) is 3.48. The van der Waals surface area contributed by atoms with Crippen LogP contribution in [0.3, 0.4) is 0 Å². The van der Waals surface area contributed by atoms with Gasteiger partial charge in [-0.25, -0.2) is 0 Å². The molecule has 4 atom stereocenters. The molecule has 0 unspecified atom stereocenters. The molecule has 0 aromatic heterocycles. The zero-order valence-corrected chi connectivity index (χ0v) is 7.97. The molecule has 0 radical (unpaired) electrons. The van der Waals surface area contributed by atoms with E-state index < -0.39 is 24.4 Å². The van der Waals surface area contributed by atoms with Gasteiger partial charge < -0.3 is 19.8 Å². The van der Waals surface area contributed by atoms with Gasteiger partial charge in [0, 0.05) is 14.1 Å². The van der Waals surface area contributed by atoms with Crippen LogP contribution in [0.25, 0.3) is 0 Å². The van der Waals surface area contributed by atoms with Crippen molar-refractivity contribution in [3.63, 3.8) is 0 Å². The van der Waals surface area contributed by atoms with Crippen LogP contribution in [-0.2, 0) is 9.53 Å². The van der Waals surface area contributed by atoms with Gasteiger partial charge in [-0.15, -0.1) is 0 Å². The van der Waals surface area contributed by atoms with Crippen molar-refractivity contribution < 1.29 is 19.7 Å². The minimum Gasteiger partial charge on any atom is -0.388 e. The minimum absolute atomic E-state index is 0.323. The number of aliphatic hydroxyl groups excluding tert-OH is 2. The summed E-state index contributed by atoms with van der Waals surface area (Å²) in [6.45, 7) is 1.62. The summed E-state index contributed by atoms with van der Waals surface area (Å²) < 4.78 is 5.12. The molecule has 1 heterocycles. The van der Waals surface area contributed by atoms with E-state index in [4.69, 9.17) is 4.74 Å². The van der Waals surface area contributed by atoms with Crippen molar-refractivity contribution in [3.8, 4) is 0 Å². The Hall–Kier alpha value is -0.650. The largest absolute Gasteiger partial charge is 0.388 e. The number of amides is 1. The predicted octanol–water partition coefficient (Wildman–Crippen LogP) is -1.42. The molecule has 2 N–H and O–H groups in total. The van der Waals surface area contributed by atoms with Gasteiger partial charge in [-0.1, -0.05) is 0 Å². The van der Waals surface area contributed by atoms with Crippen molar-refractivity contribution >= 4 is 5.91 Å². The molecule has 0 aromatic rings. The molecule has 13 heavy (non-hydrogen) atoms. The molecular formula is C8H15NO4. The fourth-order valence-electron chi connectivity index (χ4n) is 1.31. The lowest BCUT2D eigenvalue weighted by atomic mass is 10.1. The zero-order valence-electron chi connectivity index (χ0n) is 7.97. The molecule has 0 aromatic carbocycles. The Morgan fingerprint density at radius 1 is 1.31 bits per heavy atom. The minimum atomic E-state index is -1.12. The van der Waals surface area contributed by atoms with E-state index >= 15 is 0 Å². The van der Waals surface area contributed by atoms with Crippen molar-refractivity contribution in [1.82, 2.24) is 4.90 Å². The molecule has 0 bridgehead atoms. The van der Waals surface area contributed by atoms with Gasteiger partial charge in [-0.05, 0) is 6.92 Å². The first-order valence-electron chi connectivity index (χ1n) is 4.18. The Morgan fingerprint density at radius 2 is 1.85 bits per heavy atom. The van der Waals surface area contributed by atoms with E-state index in [2.05, 4.69) is 0 Å². The monoisotopic (exact) mass is 189 g/mol. The van der Waals surface area contributed by atoms with E-state index in [9.17, 15) is 15.0 Å². The molecule has 0 saturated carbocycles. The Balaban J connectivity index is 2.68. The fourth-order valence-corrected chi connectivity index (χ4v) is 1.31. The predicted molar refractivity (Wildman–Crippen MR) is 45.0 cm³/mol. The van der Waals surface area contributed by atoms with Crippen LogP contribution in [0, 0.1) is 0 Å². The van der Waals surface area contributed by atoms with Crippen LogP contribution in [0.15, 0.2) is 0 Å². The Kier molecular flexibility index (Phi) is 2.90. The van der Waals surface area contributed by atoms with Crippen molar-refractivity contribution in [1.29, 1.82) is 0 Å². The summed E-state index contributed by atoms with van der Waals surface area (Å²) in [5, 5.41) is 18.7. The highest BCUT2D eigenvalue weighted by molar-refractivity contribution is 5.81. The van der Waals surface area contributed by atoms with Crippen molar-refractivity contribution in [2.75, 3.05) is 14.1 Å². The molecule has 76 valence electrons. The molecule has 0 spiro atoms. The number of rotatable bonds is 1. The quantitative estimate of drug-likeness (QED) is 0.531. The van der Waals surface area contributed by atoms with Crippen molar-refractivity contribution in [2.45, 2.75) is 31.3 Å². The van der Waals surface area contributed by atoms with E-state index in [0.717, 1.165) is 0 Å². The molecule has 1 aliphatic rings. The molecule has 1 saturated heterocycles. The third kappa shape index (κ3) is 1.82. The van der Waals surface area contributed by atoms with Gasteiger partial charge in [-0.3, -0.25) is 4.79 Å². The highest BCUT2D eigenvalue weighted by Crippen LogP contribution is 2.21. The Labute approximate surface area is 76.9 Å². The number of carbonyl (C=O) groups excluding carboxylic acids is 1. The third-order valence-corrected chi connectivity index (χ3v) is 2.19. The standard InChI is InChI=1S/C8H15NO4/c1-4-5(10)6(11)7(13-4)8(12)9(2)3/h4-7,10-11H,1-3H3/t4-,5+,6-,7+/m0/s1. The number of nitrogens with zero attached hydrogens (tertiary/aromatic N) is 1. The Morgan fingerprint density at radius 3 is 2.15 bits per heavy atom. The van der Waals surface area contributed by atoms with E-state index in [1.54, 1.807) is 21.0 Å². The first kappa shape index (κ1) is 10.4. The van der Waals surface area contributed by atoms with Gasteiger partial charge in [0.25, 0.3) is 5.91 Å².